The maximum Gasteiger partial charge on any atom is 0.317 e. The molecule has 1 aliphatic rings. The van der Waals surface area contributed by atoms with Gasteiger partial charge in [-0.05, 0) is 42.3 Å². The summed E-state index contributed by atoms with van der Waals surface area (Å²) in [4.78, 5) is 13.9. The van der Waals surface area contributed by atoms with Gasteiger partial charge in [0.2, 0.25) is 10.0 Å². The van der Waals surface area contributed by atoms with Crippen molar-refractivity contribution >= 4 is 27.4 Å². The number of carbonyl (C=O) groups excluding carboxylic acids is 1. The largest absolute Gasteiger partial charge is 0.338 e. The van der Waals surface area contributed by atoms with E-state index < -0.39 is 10.0 Å². The van der Waals surface area contributed by atoms with E-state index in [0.717, 1.165) is 0 Å². The Labute approximate surface area is 162 Å². The number of thiophene rings is 1. The van der Waals surface area contributed by atoms with Crippen LogP contribution in [0.5, 0.6) is 0 Å². The second-order valence-electron chi connectivity index (χ2n) is 6.39. The summed E-state index contributed by atoms with van der Waals surface area (Å²) in [6.45, 7) is 1.30. The lowest BCUT2D eigenvalue weighted by molar-refractivity contribution is 0.180. The number of likely N-dealkylation sites (tertiary alicyclic amines) is 1. The minimum Gasteiger partial charge on any atom is -0.338 e. The van der Waals surface area contributed by atoms with E-state index in [-0.39, 0.29) is 17.9 Å². The molecule has 1 aliphatic heterocycles. The van der Waals surface area contributed by atoms with Crippen LogP contribution in [0.15, 0.2) is 46.0 Å². The molecule has 0 aliphatic carbocycles. The van der Waals surface area contributed by atoms with Crippen molar-refractivity contribution in [2.45, 2.75) is 29.5 Å². The second-order valence-corrected chi connectivity index (χ2v) is 9.28. The molecule has 146 valence electrons. The number of sulfonamides is 1. The van der Waals surface area contributed by atoms with E-state index in [2.05, 4.69) is 10.0 Å². The first-order chi connectivity index (χ1) is 13.0. The zero-order valence-electron chi connectivity index (χ0n) is 14.7. The molecule has 0 atom stereocenters. The van der Waals surface area contributed by atoms with Crippen LogP contribution in [0.3, 0.4) is 0 Å². The van der Waals surface area contributed by atoms with Crippen LogP contribution in [0.4, 0.5) is 9.18 Å². The number of hydrogen-bond donors (Lipinski definition) is 2. The molecule has 1 saturated heterocycles. The molecule has 0 unspecified atom stereocenters. The molecule has 1 aromatic carbocycles. The van der Waals surface area contributed by atoms with Gasteiger partial charge in [-0.15, -0.1) is 11.3 Å². The first-order valence-electron chi connectivity index (χ1n) is 8.78. The summed E-state index contributed by atoms with van der Waals surface area (Å²) in [6, 6.07) is 9.39. The molecule has 1 aromatic heterocycles. The summed E-state index contributed by atoms with van der Waals surface area (Å²) in [5.41, 5.74) is 0.569. The first-order valence-corrected chi connectivity index (χ1v) is 11.1. The van der Waals surface area contributed by atoms with Crippen LogP contribution in [0, 0.1) is 5.82 Å². The van der Waals surface area contributed by atoms with E-state index in [1.54, 1.807) is 40.6 Å². The van der Waals surface area contributed by atoms with Gasteiger partial charge in [0.05, 0.1) is 0 Å². The number of urea groups is 1. The molecule has 0 bridgehead atoms. The second kappa shape index (κ2) is 8.81. The van der Waals surface area contributed by atoms with Gasteiger partial charge in [0.1, 0.15) is 10.0 Å². The number of nitrogens with zero attached hydrogens (tertiary/aromatic N) is 1. The van der Waals surface area contributed by atoms with Gasteiger partial charge in [-0.25, -0.2) is 22.3 Å². The Balaban J connectivity index is 1.42. The van der Waals surface area contributed by atoms with Gasteiger partial charge in [0.25, 0.3) is 0 Å². The molecule has 0 saturated carbocycles. The average Bonchev–Trinajstić information content (AvgIpc) is 3.19. The lowest BCUT2D eigenvalue weighted by atomic mass is 10.1. The Hall–Kier alpha value is -1.97. The first kappa shape index (κ1) is 19.8. The minimum atomic E-state index is -3.49. The maximum absolute atomic E-state index is 13.6. The van der Waals surface area contributed by atoms with Gasteiger partial charge < -0.3 is 10.2 Å². The highest BCUT2D eigenvalue weighted by molar-refractivity contribution is 7.91. The van der Waals surface area contributed by atoms with Crippen molar-refractivity contribution in [1.29, 1.82) is 0 Å². The molecule has 2 heterocycles. The van der Waals surface area contributed by atoms with Crippen molar-refractivity contribution in [1.82, 2.24) is 14.9 Å². The van der Waals surface area contributed by atoms with E-state index in [0.29, 0.717) is 48.7 Å². The summed E-state index contributed by atoms with van der Waals surface area (Å²) in [5.74, 6) is -0.273. The van der Waals surface area contributed by atoms with Crippen LogP contribution in [0.1, 0.15) is 18.4 Å². The molecule has 9 heteroatoms. The van der Waals surface area contributed by atoms with E-state index in [9.17, 15) is 17.6 Å². The fourth-order valence-electron chi connectivity index (χ4n) is 3.01. The Kier molecular flexibility index (Phi) is 6.46. The van der Waals surface area contributed by atoms with Gasteiger partial charge in [-0.3, -0.25) is 0 Å². The number of rotatable bonds is 6. The Morgan fingerprint density at radius 1 is 1.19 bits per heavy atom. The Morgan fingerprint density at radius 2 is 1.93 bits per heavy atom. The van der Waals surface area contributed by atoms with E-state index in [4.69, 9.17) is 0 Å². The summed E-state index contributed by atoms with van der Waals surface area (Å²) in [7, 11) is -3.49. The van der Waals surface area contributed by atoms with Crippen LogP contribution < -0.4 is 10.0 Å². The van der Waals surface area contributed by atoms with E-state index >= 15 is 0 Å². The molecule has 3 rings (SSSR count). The molecule has 27 heavy (non-hydrogen) atoms. The quantitative estimate of drug-likeness (QED) is 0.767. The predicted molar refractivity (Wildman–Crippen MR) is 103 cm³/mol. The van der Waals surface area contributed by atoms with Gasteiger partial charge >= 0.3 is 6.03 Å². The van der Waals surface area contributed by atoms with Crippen molar-refractivity contribution < 1.29 is 17.6 Å². The fourth-order valence-corrected chi connectivity index (χ4v) is 5.33. The van der Waals surface area contributed by atoms with Crippen molar-refractivity contribution in [2.24, 2.45) is 0 Å². The normalized spacial score (nSPS) is 15.7. The summed E-state index contributed by atoms with van der Waals surface area (Å²) < 4.78 is 41.1. The highest BCUT2D eigenvalue weighted by Crippen LogP contribution is 2.18. The number of amides is 2. The zero-order valence-corrected chi connectivity index (χ0v) is 16.4. The van der Waals surface area contributed by atoms with Crippen LogP contribution in [0.2, 0.25) is 0 Å². The smallest absolute Gasteiger partial charge is 0.317 e. The van der Waals surface area contributed by atoms with E-state index in [1.807, 2.05) is 0 Å². The molecule has 2 amide bonds. The molecule has 0 radical (unpaired) electrons. The van der Waals surface area contributed by atoms with Crippen LogP contribution in [0.25, 0.3) is 0 Å². The molecule has 1 fully saturated rings. The molecule has 6 nitrogen and oxygen atoms in total. The summed E-state index contributed by atoms with van der Waals surface area (Å²) >= 11 is 1.18. The SMILES string of the molecule is O=C(NCCc1ccccc1F)N1CCC(NS(=O)(=O)c2cccs2)CC1. The summed E-state index contributed by atoms with van der Waals surface area (Å²) in [5, 5.41) is 4.52. The lowest BCUT2D eigenvalue weighted by Crippen LogP contribution is -2.49. The molecule has 2 aromatic rings. The molecule has 2 N–H and O–H groups in total. The number of halogens is 1. The third-order valence-electron chi connectivity index (χ3n) is 4.49. The van der Waals surface area contributed by atoms with Crippen molar-refractivity contribution in [3.63, 3.8) is 0 Å². The van der Waals surface area contributed by atoms with Crippen LogP contribution in [-0.2, 0) is 16.4 Å². The number of nitrogens with one attached hydrogen (secondary N) is 2. The van der Waals surface area contributed by atoms with Crippen molar-refractivity contribution in [2.75, 3.05) is 19.6 Å². The monoisotopic (exact) mass is 411 g/mol. The zero-order chi connectivity index (χ0) is 19.3. The van der Waals surface area contributed by atoms with Crippen LogP contribution >= 0.6 is 11.3 Å². The van der Waals surface area contributed by atoms with Gasteiger partial charge in [0.15, 0.2) is 0 Å². The number of hydrogen-bond acceptors (Lipinski definition) is 4. The number of piperidine rings is 1. The predicted octanol–water partition coefficient (Wildman–Crippen LogP) is 2.58. The highest BCUT2D eigenvalue weighted by Gasteiger charge is 2.27. The number of benzene rings is 1. The summed E-state index contributed by atoms with van der Waals surface area (Å²) in [6.07, 6.45) is 1.55. The highest BCUT2D eigenvalue weighted by atomic mass is 32.2. The number of carbonyl (C=O) groups is 1. The van der Waals surface area contributed by atoms with Crippen molar-refractivity contribution in [3.8, 4) is 0 Å². The average molecular weight is 412 g/mol. The van der Waals surface area contributed by atoms with Crippen LogP contribution in [-0.4, -0.2) is 45.0 Å². The molecule has 0 spiro atoms. The third kappa shape index (κ3) is 5.27. The van der Waals surface area contributed by atoms with Gasteiger partial charge in [-0.2, -0.15) is 0 Å². The van der Waals surface area contributed by atoms with Gasteiger partial charge in [-0.1, -0.05) is 24.3 Å². The molecular weight excluding hydrogens is 389 g/mol. The standard InChI is InChI=1S/C18H22FN3O3S2/c19-16-5-2-1-4-14(16)7-10-20-18(23)22-11-8-15(9-12-22)21-27(24,25)17-6-3-13-26-17/h1-6,13,15,21H,7-12H2,(H,20,23). The topological polar surface area (TPSA) is 78.5 Å². The Morgan fingerprint density at radius 3 is 2.59 bits per heavy atom. The Bertz CT molecular complexity index is 864. The van der Waals surface area contributed by atoms with Crippen molar-refractivity contribution in [3.05, 3.63) is 53.2 Å². The van der Waals surface area contributed by atoms with E-state index in [1.165, 1.54) is 17.4 Å². The van der Waals surface area contributed by atoms with Gasteiger partial charge in [0, 0.05) is 25.7 Å². The third-order valence-corrected chi connectivity index (χ3v) is 7.41. The fraction of sp³-hybridized carbons (Fsp3) is 0.389. The minimum absolute atomic E-state index is 0.181. The maximum atomic E-state index is 13.6. The molecular formula is C18H22FN3O3S2. The lowest BCUT2D eigenvalue weighted by Gasteiger charge is -2.32.